The van der Waals surface area contributed by atoms with Gasteiger partial charge in [-0.1, -0.05) is 44.5 Å². The van der Waals surface area contributed by atoms with Crippen molar-refractivity contribution in [3.8, 4) is 5.75 Å². The van der Waals surface area contributed by atoms with Crippen LogP contribution in [-0.4, -0.2) is 21.3 Å². The van der Waals surface area contributed by atoms with E-state index in [0.717, 1.165) is 24.2 Å². The molecule has 130 valence electrons. The van der Waals surface area contributed by atoms with Crippen LogP contribution in [0.5, 0.6) is 5.75 Å². The van der Waals surface area contributed by atoms with Crippen molar-refractivity contribution in [2.24, 2.45) is 5.92 Å². The largest absolute Gasteiger partial charge is 0.493 e. The molecule has 0 amide bonds. The third-order valence-electron chi connectivity index (χ3n) is 4.22. The van der Waals surface area contributed by atoms with Crippen LogP contribution in [0, 0.1) is 5.92 Å². The molecule has 0 saturated heterocycles. The fraction of sp³-hybridized carbons (Fsp3) is 0.400. The van der Waals surface area contributed by atoms with Gasteiger partial charge in [-0.15, -0.1) is 0 Å². The molecule has 2 aromatic carbocycles. The minimum absolute atomic E-state index is 0.351. The third kappa shape index (κ3) is 5.68. The van der Waals surface area contributed by atoms with Crippen molar-refractivity contribution in [1.82, 2.24) is 0 Å². The molecule has 2 rings (SSSR count). The van der Waals surface area contributed by atoms with E-state index in [0.29, 0.717) is 17.4 Å². The fourth-order valence-corrected chi connectivity index (χ4v) is 3.09. The molecule has 0 aliphatic heterocycles. The van der Waals surface area contributed by atoms with Crippen LogP contribution in [0.25, 0.3) is 0 Å². The van der Waals surface area contributed by atoms with Gasteiger partial charge in [0.05, 0.1) is 11.5 Å². The fourth-order valence-electron chi connectivity index (χ4n) is 2.46. The molecule has 0 fully saturated rings. The summed E-state index contributed by atoms with van der Waals surface area (Å²) in [6.45, 7) is 5.05. The summed E-state index contributed by atoms with van der Waals surface area (Å²) in [4.78, 5) is 0.351. The molecule has 0 aliphatic carbocycles. The Balaban J connectivity index is 1.83. The Hall–Kier alpha value is -1.81. The normalized spacial score (nSPS) is 12.8. The summed E-state index contributed by atoms with van der Waals surface area (Å²) in [5.41, 5.74) is 2.41. The maximum Gasteiger partial charge on any atom is 0.175 e. The molecule has 0 aliphatic rings. The van der Waals surface area contributed by atoms with Gasteiger partial charge in [-0.25, -0.2) is 8.42 Å². The van der Waals surface area contributed by atoms with Gasteiger partial charge in [0.25, 0.3) is 0 Å². The van der Waals surface area contributed by atoms with Gasteiger partial charge < -0.3 is 4.74 Å². The van der Waals surface area contributed by atoms with Crippen molar-refractivity contribution in [2.75, 3.05) is 12.9 Å². The highest BCUT2D eigenvalue weighted by Gasteiger charge is 2.06. The summed E-state index contributed by atoms with van der Waals surface area (Å²) in [6.07, 6.45) is 4.26. The Labute approximate surface area is 145 Å². The van der Waals surface area contributed by atoms with Crippen molar-refractivity contribution >= 4 is 9.84 Å². The smallest absolute Gasteiger partial charge is 0.175 e. The average Bonchev–Trinajstić information content (AvgIpc) is 2.56. The lowest BCUT2D eigenvalue weighted by atomic mass is 9.99. The quantitative estimate of drug-likeness (QED) is 0.716. The van der Waals surface area contributed by atoms with Gasteiger partial charge in [0, 0.05) is 12.7 Å². The molecule has 3 nitrogen and oxygen atoms in total. The van der Waals surface area contributed by atoms with Crippen molar-refractivity contribution in [2.45, 2.75) is 38.0 Å². The first-order valence-electron chi connectivity index (χ1n) is 8.39. The van der Waals surface area contributed by atoms with Crippen LogP contribution in [-0.2, 0) is 22.7 Å². The van der Waals surface area contributed by atoms with E-state index in [1.165, 1.54) is 18.2 Å². The van der Waals surface area contributed by atoms with Gasteiger partial charge in [0.15, 0.2) is 9.84 Å². The molecule has 1 atom stereocenters. The molecule has 24 heavy (non-hydrogen) atoms. The van der Waals surface area contributed by atoms with Gasteiger partial charge in [0.1, 0.15) is 5.75 Å². The zero-order valence-electron chi connectivity index (χ0n) is 14.7. The lowest BCUT2D eigenvalue weighted by Gasteiger charge is -2.10. The maximum absolute atomic E-state index is 11.4. The molecule has 4 heteroatoms. The molecule has 0 aromatic heterocycles. The van der Waals surface area contributed by atoms with E-state index >= 15 is 0 Å². The molecule has 1 unspecified atom stereocenters. The minimum atomic E-state index is -3.13. The SMILES string of the molecule is CCC(C)Cc1ccc(OCCc2ccc(S(C)(=O)=O)cc2)cc1. The predicted octanol–water partition coefficient (Wildman–Crippen LogP) is 4.30. The number of ether oxygens (including phenoxy) is 1. The number of benzene rings is 2. The highest BCUT2D eigenvalue weighted by atomic mass is 32.2. The summed E-state index contributed by atoms with van der Waals surface area (Å²) in [5.74, 6) is 1.57. The molecule has 0 spiro atoms. The summed E-state index contributed by atoms with van der Waals surface area (Å²) in [5, 5.41) is 0. The first kappa shape index (κ1) is 18.5. The summed E-state index contributed by atoms with van der Waals surface area (Å²) in [6, 6.07) is 15.3. The molecular weight excluding hydrogens is 320 g/mol. The molecule has 0 heterocycles. The van der Waals surface area contributed by atoms with Crippen LogP contribution < -0.4 is 4.74 Å². The van der Waals surface area contributed by atoms with Crippen LogP contribution in [0.3, 0.4) is 0 Å². The molecule has 2 aromatic rings. The Morgan fingerprint density at radius 2 is 1.54 bits per heavy atom. The molecular formula is C20H26O3S. The van der Waals surface area contributed by atoms with E-state index in [1.807, 2.05) is 24.3 Å². The minimum Gasteiger partial charge on any atom is -0.493 e. The Bertz CT molecular complexity index is 731. The Morgan fingerprint density at radius 3 is 2.08 bits per heavy atom. The highest BCUT2D eigenvalue weighted by Crippen LogP contribution is 2.17. The van der Waals surface area contributed by atoms with Crippen LogP contribution >= 0.6 is 0 Å². The van der Waals surface area contributed by atoms with Crippen molar-refractivity contribution in [3.63, 3.8) is 0 Å². The van der Waals surface area contributed by atoms with E-state index in [-0.39, 0.29) is 0 Å². The average molecular weight is 346 g/mol. The van der Waals surface area contributed by atoms with E-state index in [1.54, 1.807) is 12.1 Å². The Morgan fingerprint density at radius 1 is 0.958 bits per heavy atom. The number of hydrogen-bond acceptors (Lipinski definition) is 3. The third-order valence-corrected chi connectivity index (χ3v) is 5.34. The highest BCUT2D eigenvalue weighted by molar-refractivity contribution is 7.90. The predicted molar refractivity (Wildman–Crippen MR) is 98.4 cm³/mol. The second-order valence-corrected chi connectivity index (χ2v) is 8.39. The monoisotopic (exact) mass is 346 g/mol. The number of rotatable bonds is 8. The number of hydrogen-bond donors (Lipinski definition) is 0. The lowest BCUT2D eigenvalue weighted by Crippen LogP contribution is -2.03. The molecule has 0 saturated carbocycles. The first-order chi connectivity index (χ1) is 11.4. The van der Waals surface area contributed by atoms with Crippen molar-refractivity contribution in [3.05, 3.63) is 59.7 Å². The van der Waals surface area contributed by atoms with Gasteiger partial charge in [-0.05, 0) is 47.7 Å². The summed E-state index contributed by atoms with van der Waals surface area (Å²) in [7, 11) is -3.13. The van der Waals surface area contributed by atoms with E-state index in [4.69, 9.17) is 4.74 Å². The van der Waals surface area contributed by atoms with Crippen LogP contribution in [0.2, 0.25) is 0 Å². The summed E-state index contributed by atoms with van der Waals surface area (Å²) < 4.78 is 28.6. The van der Waals surface area contributed by atoms with Crippen molar-refractivity contribution in [1.29, 1.82) is 0 Å². The summed E-state index contributed by atoms with van der Waals surface area (Å²) >= 11 is 0. The van der Waals surface area contributed by atoms with E-state index in [2.05, 4.69) is 26.0 Å². The zero-order chi connectivity index (χ0) is 17.6. The van der Waals surface area contributed by atoms with Gasteiger partial charge in [0.2, 0.25) is 0 Å². The number of sulfone groups is 1. The topological polar surface area (TPSA) is 43.4 Å². The molecule has 0 bridgehead atoms. The molecule has 0 radical (unpaired) electrons. The second kappa shape index (κ2) is 8.34. The van der Waals surface area contributed by atoms with Crippen LogP contribution in [0.4, 0.5) is 0 Å². The van der Waals surface area contributed by atoms with Gasteiger partial charge in [-0.3, -0.25) is 0 Å². The van der Waals surface area contributed by atoms with Crippen LogP contribution in [0.15, 0.2) is 53.4 Å². The van der Waals surface area contributed by atoms with Crippen molar-refractivity contribution < 1.29 is 13.2 Å². The lowest BCUT2D eigenvalue weighted by molar-refractivity contribution is 0.322. The second-order valence-electron chi connectivity index (χ2n) is 6.38. The zero-order valence-corrected chi connectivity index (χ0v) is 15.5. The van der Waals surface area contributed by atoms with E-state index < -0.39 is 9.84 Å². The first-order valence-corrected chi connectivity index (χ1v) is 10.3. The van der Waals surface area contributed by atoms with E-state index in [9.17, 15) is 8.42 Å². The van der Waals surface area contributed by atoms with Gasteiger partial charge >= 0.3 is 0 Å². The van der Waals surface area contributed by atoms with Gasteiger partial charge in [-0.2, -0.15) is 0 Å². The Kier molecular flexibility index (Phi) is 6.44. The molecule has 0 N–H and O–H groups in total. The standard InChI is InChI=1S/C20H26O3S/c1-4-16(2)15-18-5-9-19(10-6-18)23-14-13-17-7-11-20(12-8-17)24(3,21)22/h5-12,16H,4,13-15H2,1-3H3. The van der Waals surface area contributed by atoms with Crippen LogP contribution in [0.1, 0.15) is 31.4 Å². The maximum atomic E-state index is 11.4.